The number of hydrogen-bond donors (Lipinski definition) is 0. The van der Waals surface area contributed by atoms with Gasteiger partial charge >= 0.3 is 0 Å². The number of carbonyl (C=O) groups is 2. The maximum atomic E-state index is 12.3. The summed E-state index contributed by atoms with van der Waals surface area (Å²) in [5.74, 6) is 0.823. The molecule has 156 valence electrons. The Hall–Kier alpha value is -2.42. The van der Waals surface area contributed by atoms with Crippen molar-refractivity contribution in [2.45, 2.75) is 71.6 Å². The third kappa shape index (κ3) is 8.23. The minimum atomic E-state index is -0.0969. The van der Waals surface area contributed by atoms with E-state index in [9.17, 15) is 9.59 Å². The van der Waals surface area contributed by atoms with Crippen LogP contribution in [0.15, 0.2) is 48.5 Å². The fraction of sp³-hybridized carbons (Fsp3) is 0.462. The summed E-state index contributed by atoms with van der Waals surface area (Å²) < 4.78 is 5.82. The summed E-state index contributed by atoms with van der Waals surface area (Å²) in [6, 6.07) is 15.6. The van der Waals surface area contributed by atoms with Crippen molar-refractivity contribution in [3.8, 4) is 16.9 Å². The van der Waals surface area contributed by atoms with Crippen molar-refractivity contribution in [2.24, 2.45) is 0 Å². The summed E-state index contributed by atoms with van der Waals surface area (Å²) >= 11 is 0. The molecule has 29 heavy (non-hydrogen) atoms. The lowest BCUT2D eigenvalue weighted by atomic mass is 9.99. The Morgan fingerprint density at radius 3 is 1.93 bits per heavy atom. The molecule has 3 heteroatoms. The number of ketones is 2. The normalized spacial score (nSPS) is 10.7. The van der Waals surface area contributed by atoms with E-state index in [1.807, 2.05) is 55.5 Å². The molecule has 0 radical (unpaired) electrons. The molecule has 0 aliphatic heterocycles. The highest BCUT2D eigenvalue weighted by Gasteiger charge is 2.11. The summed E-state index contributed by atoms with van der Waals surface area (Å²) in [4.78, 5) is 24.1. The van der Waals surface area contributed by atoms with Gasteiger partial charge in [-0.05, 0) is 36.1 Å². The van der Waals surface area contributed by atoms with Crippen molar-refractivity contribution >= 4 is 11.6 Å². The van der Waals surface area contributed by atoms with Crippen molar-refractivity contribution < 1.29 is 14.3 Å². The largest absolute Gasteiger partial charge is 0.494 e. The lowest BCUT2D eigenvalue weighted by Crippen LogP contribution is -2.07. The highest BCUT2D eigenvalue weighted by molar-refractivity contribution is 6.08. The maximum absolute atomic E-state index is 12.3. The van der Waals surface area contributed by atoms with Gasteiger partial charge in [0.1, 0.15) is 11.5 Å². The highest BCUT2D eigenvalue weighted by atomic mass is 16.5. The molecule has 0 heterocycles. The second-order valence-corrected chi connectivity index (χ2v) is 7.61. The first-order valence-corrected chi connectivity index (χ1v) is 11.0. The number of unbranched alkanes of at least 4 members (excludes halogenated alkanes) is 5. The van der Waals surface area contributed by atoms with E-state index in [4.69, 9.17) is 4.74 Å². The average Bonchev–Trinajstić information content (AvgIpc) is 2.75. The molecule has 0 aliphatic rings. The first-order chi connectivity index (χ1) is 14.1. The molecular weight excluding hydrogens is 360 g/mol. The minimum Gasteiger partial charge on any atom is -0.494 e. The molecular formula is C26H34O3. The van der Waals surface area contributed by atoms with Gasteiger partial charge in [0.15, 0.2) is 5.78 Å². The Balaban J connectivity index is 1.84. The Labute approximate surface area is 175 Å². The number of Topliss-reactive ketones (excluding diaryl/α,β-unsaturated/α-hetero) is 2. The molecule has 0 N–H and O–H groups in total. The van der Waals surface area contributed by atoms with Crippen LogP contribution in [0.4, 0.5) is 0 Å². The first kappa shape index (κ1) is 22.9. The van der Waals surface area contributed by atoms with Crippen LogP contribution in [0.25, 0.3) is 11.1 Å². The van der Waals surface area contributed by atoms with E-state index < -0.39 is 0 Å². The van der Waals surface area contributed by atoms with E-state index in [2.05, 4.69) is 6.92 Å². The van der Waals surface area contributed by atoms with Crippen LogP contribution in [0.3, 0.4) is 0 Å². The summed E-state index contributed by atoms with van der Waals surface area (Å²) in [6.07, 6.45) is 8.48. The fourth-order valence-electron chi connectivity index (χ4n) is 3.23. The molecule has 0 saturated carbocycles. The summed E-state index contributed by atoms with van der Waals surface area (Å²) in [7, 11) is 0. The molecule has 0 fully saturated rings. The van der Waals surface area contributed by atoms with Gasteiger partial charge in [-0.3, -0.25) is 9.59 Å². The first-order valence-electron chi connectivity index (χ1n) is 11.0. The standard InChI is InChI=1S/C26H34O3/c1-3-5-7-8-9-19-29-25-17-15-22(16-18-25)21-11-13-23(14-12-21)26(28)20-24(27)10-6-4-2/h11-18H,3-10,19-20H2,1-2H3. The minimum absolute atomic E-state index is 0.00380. The predicted octanol–water partition coefficient (Wildman–Crippen LogP) is 7.03. The quantitative estimate of drug-likeness (QED) is 0.196. The topological polar surface area (TPSA) is 43.4 Å². The molecule has 0 spiro atoms. The number of rotatable bonds is 14. The van der Waals surface area contributed by atoms with Crippen LogP contribution in [0.2, 0.25) is 0 Å². The van der Waals surface area contributed by atoms with Gasteiger partial charge in [0.05, 0.1) is 13.0 Å². The zero-order valence-electron chi connectivity index (χ0n) is 17.9. The molecule has 0 amide bonds. The van der Waals surface area contributed by atoms with Gasteiger partial charge in [-0.1, -0.05) is 82.3 Å². The van der Waals surface area contributed by atoms with Gasteiger partial charge in [0.25, 0.3) is 0 Å². The SMILES string of the molecule is CCCCCCCOc1ccc(-c2ccc(C(=O)CC(=O)CCCC)cc2)cc1. The van der Waals surface area contributed by atoms with Crippen LogP contribution >= 0.6 is 0 Å². The number of hydrogen-bond acceptors (Lipinski definition) is 3. The van der Waals surface area contributed by atoms with Crippen LogP contribution in [-0.2, 0) is 4.79 Å². The van der Waals surface area contributed by atoms with Gasteiger partial charge in [0, 0.05) is 12.0 Å². The lowest BCUT2D eigenvalue weighted by Gasteiger charge is -2.08. The van der Waals surface area contributed by atoms with E-state index in [0.29, 0.717) is 12.0 Å². The Kier molecular flexibility index (Phi) is 10.2. The average molecular weight is 395 g/mol. The third-order valence-corrected chi connectivity index (χ3v) is 5.08. The number of carbonyl (C=O) groups excluding carboxylic acids is 2. The van der Waals surface area contributed by atoms with E-state index in [1.165, 1.54) is 25.7 Å². The van der Waals surface area contributed by atoms with Crippen LogP contribution in [-0.4, -0.2) is 18.2 Å². The molecule has 0 atom stereocenters. The smallest absolute Gasteiger partial charge is 0.170 e. The van der Waals surface area contributed by atoms with Crippen LogP contribution in [0, 0.1) is 0 Å². The summed E-state index contributed by atoms with van der Waals surface area (Å²) in [6.45, 7) is 5.02. The zero-order chi connectivity index (χ0) is 20.9. The summed E-state index contributed by atoms with van der Waals surface area (Å²) in [5, 5.41) is 0. The highest BCUT2D eigenvalue weighted by Crippen LogP contribution is 2.23. The Morgan fingerprint density at radius 2 is 1.31 bits per heavy atom. The Morgan fingerprint density at radius 1 is 0.724 bits per heavy atom. The van der Waals surface area contributed by atoms with Crippen molar-refractivity contribution in [2.75, 3.05) is 6.61 Å². The van der Waals surface area contributed by atoms with E-state index in [0.717, 1.165) is 42.7 Å². The Bertz CT molecular complexity index is 745. The van der Waals surface area contributed by atoms with E-state index in [1.54, 1.807) is 0 Å². The van der Waals surface area contributed by atoms with Crippen molar-refractivity contribution in [1.82, 2.24) is 0 Å². The van der Waals surface area contributed by atoms with E-state index in [-0.39, 0.29) is 18.0 Å². The zero-order valence-corrected chi connectivity index (χ0v) is 17.9. The molecule has 2 aromatic carbocycles. The van der Waals surface area contributed by atoms with Gasteiger partial charge < -0.3 is 4.74 Å². The van der Waals surface area contributed by atoms with Crippen LogP contribution < -0.4 is 4.74 Å². The molecule has 2 aromatic rings. The second-order valence-electron chi connectivity index (χ2n) is 7.61. The van der Waals surface area contributed by atoms with Gasteiger partial charge in [-0.25, -0.2) is 0 Å². The van der Waals surface area contributed by atoms with Gasteiger partial charge in [0.2, 0.25) is 0 Å². The van der Waals surface area contributed by atoms with Crippen molar-refractivity contribution in [3.05, 3.63) is 54.1 Å². The predicted molar refractivity (Wildman–Crippen MR) is 120 cm³/mol. The number of benzene rings is 2. The molecule has 0 aromatic heterocycles. The van der Waals surface area contributed by atoms with E-state index >= 15 is 0 Å². The molecule has 0 saturated heterocycles. The van der Waals surface area contributed by atoms with Crippen LogP contribution in [0.5, 0.6) is 5.75 Å². The molecule has 2 rings (SSSR count). The summed E-state index contributed by atoms with van der Waals surface area (Å²) in [5.41, 5.74) is 2.73. The molecule has 3 nitrogen and oxygen atoms in total. The van der Waals surface area contributed by atoms with Crippen molar-refractivity contribution in [3.63, 3.8) is 0 Å². The molecule has 0 bridgehead atoms. The fourth-order valence-corrected chi connectivity index (χ4v) is 3.23. The van der Waals surface area contributed by atoms with Gasteiger partial charge in [-0.15, -0.1) is 0 Å². The lowest BCUT2D eigenvalue weighted by molar-refractivity contribution is -0.118. The monoisotopic (exact) mass is 394 g/mol. The molecule has 0 unspecified atom stereocenters. The molecule has 0 aliphatic carbocycles. The third-order valence-electron chi connectivity index (χ3n) is 5.08. The van der Waals surface area contributed by atoms with Gasteiger partial charge in [-0.2, -0.15) is 0 Å². The van der Waals surface area contributed by atoms with Crippen LogP contribution in [0.1, 0.15) is 82.0 Å². The number of ether oxygens (including phenoxy) is 1. The second kappa shape index (κ2) is 12.9. The van der Waals surface area contributed by atoms with Crippen molar-refractivity contribution in [1.29, 1.82) is 0 Å². The maximum Gasteiger partial charge on any atom is 0.170 e.